The fourth-order valence-electron chi connectivity index (χ4n) is 4.03. The molecular formula is C19H24N2O. The molecule has 0 aromatic heterocycles. The lowest BCUT2D eigenvalue weighted by Crippen LogP contribution is -2.47. The molecule has 0 bridgehead atoms. The van der Waals surface area contributed by atoms with Crippen LogP contribution >= 0.6 is 0 Å². The van der Waals surface area contributed by atoms with Crippen LogP contribution in [-0.4, -0.2) is 36.2 Å². The van der Waals surface area contributed by atoms with E-state index in [0.29, 0.717) is 17.7 Å². The smallest absolute Gasteiger partial charge is 0.121 e. The van der Waals surface area contributed by atoms with Crippen molar-refractivity contribution >= 4 is 10.8 Å². The maximum Gasteiger partial charge on any atom is 0.121 e. The van der Waals surface area contributed by atoms with Gasteiger partial charge in [-0.2, -0.15) is 0 Å². The zero-order chi connectivity index (χ0) is 14.9. The van der Waals surface area contributed by atoms with Crippen LogP contribution in [0.3, 0.4) is 0 Å². The van der Waals surface area contributed by atoms with E-state index < -0.39 is 0 Å². The fourth-order valence-corrected chi connectivity index (χ4v) is 4.03. The number of phenolic OH excluding ortho intramolecular Hbond substituents is 1. The van der Waals surface area contributed by atoms with Gasteiger partial charge in [-0.05, 0) is 35.6 Å². The van der Waals surface area contributed by atoms with Gasteiger partial charge in [0.1, 0.15) is 5.75 Å². The van der Waals surface area contributed by atoms with Crippen LogP contribution in [0.5, 0.6) is 5.75 Å². The minimum atomic E-state index is 0.363. The van der Waals surface area contributed by atoms with E-state index in [1.807, 2.05) is 12.1 Å². The zero-order valence-electron chi connectivity index (χ0n) is 13.0. The number of piperazine rings is 1. The van der Waals surface area contributed by atoms with Gasteiger partial charge in [0.05, 0.1) is 0 Å². The molecule has 1 heterocycles. The fraction of sp³-hybridized carbons (Fsp3) is 0.474. The molecule has 2 N–H and O–H groups in total. The number of benzene rings is 2. The van der Waals surface area contributed by atoms with Gasteiger partial charge in [-0.15, -0.1) is 0 Å². The second-order valence-electron chi connectivity index (χ2n) is 6.64. The zero-order valence-corrected chi connectivity index (χ0v) is 13.0. The largest absolute Gasteiger partial charge is 0.508 e. The van der Waals surface area contributed by atoms with Gasteiger partial charge in [0.2, 0.25) is 0 Å². The predicted molar refractivity (Wildman–Crippen MR) is 90.1 cm³/mol. The molecule has 0 unspecified atom stereocenters. The van der Waals surface area contributed by atoms with Gasteiger partial charge in [-0.1, -0.05) is 36.8 Å². The molecule has 1 atom stereocenters. The molecule has 22 heavy (non-hydrogen) atoms. The minimum Gasteiger partial charge on any atom is -0.508 e. The highest BCUT2D eigenvalue weighted by Crippen LogP contribution is 2.46. The van der Waals surface area contributed by atoms with Crippen LogP contribution < -0.4 is 5.32 Å². The van der Waals surface area contributed by atoms with E-state index in [0.717, 1.165) is 31.7 Å². The van der Waals surface area contributed by atoms with Gasteiger partial charge in [0.15, 0.2) is 0 Å². The molecule has 1 saturated heterocycles. The highest BCUT2D eigenvalue weighted by molar-refractivity contribution is 5.88. The number of hydrogen-bond donors (Lipinski definition) is 2. The molecule has 1 saturated carbocycles. The van der Waals surface area contributed by atoms with Crippen molar-refractivity contribution in [2.45, 2.75) is 25.3 Å². The molecule has 2 aliphatic rings. The van der Waals surface area contributed by atoms with Crippen LogP contribution in [0.1, 0.15) is 30.9 Å². The van der Waals surface area contributed by atoms with E-state index in [4.69, 9.17) is 0 Å². The Kier molecular flexibility index (Phi) is 3.77. The van der Waals surface area contributed by atoms with Crippen molar-refractivity contribution in [1.82, 2.24) is 10.2 Å². The molecule has 0 radical (unpaired) electrons. The number of nitrogens with one attached hydrogen (secondary N) is 1. The van der Waals surface area contributed by atoms with Crippen LogP contribution in [0.4, 0.5) is 0 Å². The van der Waals surface area contributed by atoms with Gasteiger partial charge >= 0.3 is 0 Å². The first kappa shape index (κ1) is 14.0. The van der Waals surface area contributed by atoms with Crippen molar-refractivity contribution in [3.05, 3.63) is 42.0 Å². The van der Waals surface area contributed by atoms with Gasteiger partial charge in [0.25, 0.3) is 0 Å². The van der Waals surface area contributed by atoms with Crippen LogP contribution in [-0.2, 0) is 0 Å². The predicted octanol–water partition coefficient (Wildman–Crippen LogP) is 3.29. The van der Waals surface area contributed by atoms with Gasteiger partial charge in [0, 0.05) is 37.8 Å². The molecule has 0 spiro atoms. The molecule has 3 heteroatoms. The molecule has 2 fully saturated rings. The third-order valence-electron chi connectivity index (χ3n) is 5.38. The first-order valence-corrected chi connectivity index (χ1v) is 8.50. The Bertz CT molecular complexity index is 660. The van der Waals surface area contributed by atoms with Gasteiger partial charge < -0.3 is 10.4 Å². The van der Waals surface area contributed by atoms with E-state index in [1.54, 1.807) is 0 Å². The quantitative estimate of drug-likeness (QED) is 0.912. The molecule has 2 aromatic rings. The molecule has 116 valence electrons. The molecule has 3 nitrogen and oxygen atoms in total. The van der Waals surface area contributed by atoms with E-state index >= 15 is 0 Å². The number of phenols is 1. The monoisotopic (exact) mass is 296 g/mol. The summed E-state index contributed by atoms with van der Waals surface area (Å²) in [6.07, 6.45) is 3.91. The lowest BCUT2D eigenvalue weighted by molar-refractivity contribution is 0.0829. The van der Waals surface area contributed by atoms with E-state index in [9.17, 15) is 5.11 Å². The Labute approximate surface area is 131 Å². The average Bonchev–Trinajstić information content (AvgIpc) is 2.52. The Morgan fingerprint density at radius 2 is 1.82 bits per heavy atom. The van der Waals surface area contributed by atoms with Crippen molar-refractivity contribution in [3.63, 3.8) is 0 Å². The first-order valence-electron chi connectivity index (χ1n) is 8.50. The van der Waals surface area contributed by atoms with E-state index in [-0.39, 0.29) is 0 Å². The van der Waals surface area contributed by atoms with E-state index in [1.165, 1.54) is 30.0 Å². The summed E-state index contributed by atoms with van der Waals surface area (Å²) in [5.41, 5.74) is 1.16. The molecular weight excluding hydrogens is 272 g/mol. The third-order valence-corrected chi connectivity index (χ3v) is 5.38. The first-order chi connectivity index (χ1) is 10.8. The number of hydrogen-bond acceptors (Lipinski definition) is 3. The van der Waals surface area contributed by atoms with Gasteiger partial charge in [-0.3, -0.25) is 4.90 Å². The van der Waals surface area contributed by atoms with Gasteiger partial charge in [-0.25, -0.2) is 0 Å². The van der Waals surface area contributed by atoms with Crippen LogP contribution in [0.15, 0.2) is 36.4 Å². The van der Waals surface area contributed by atoms with E-state index in [2.05, 4.69) is 34.5 Å². The minimum absolute atomic E-state index is 0.363. The average molecular weight is 296 g/mol. The molecule has 1 aliphatic carbocycles. The summed E-state index contributed by atoms with van der Waals surface area (Å²) in [5.74, 6) is 1.16. The summed E-state index contributed by atoms with van der Waals surface area (Å²) in [7, 11) is 0. The standard InChI is InChI=1S/C19H24N2O/c22-17-9-8-14-4-1-2-7-16(14)18(17)19(15-5-3-6-15)21-12-10-20-11-13-21/h1-2,4,7-9,15,19-20,22H,3,5-6,10-13H2/t19-/m0/s1. The maximum absolute atomic E-state index is 10.6. The van der Waals surface area contributed by atoms with Crippen molar-refractivity contribution < 1.29 is 5.11 Å². The number of aromatic hydroxyl groups is 1. The Hall–Kier alpha value is -1.58. The maximum atomic E-state index is 10.6. The molecule has 2 aromatic carbocycles. The highest BCUT2D eigenvalue weighted by atomic mass is 16.3. The Balaban J connectivity index is 1.83. The molecule has 1 aliphatic heterocycles. The van der Waals surface area contributed by atoms with Crippen molar-refractivity contribution in [2.75, 3.05) is 26.2 Å². The van der Waals surface area contributed by atoms with Crippen LogP contribution in [0.2, 0.25) is 0 Å². The van der Waals surface area contributed by atoms with Crippen molar-refractivity contribution in [2.24, 2.45) is 5.92 Å². The summed E-state index contributed by atoms with van der Waals surface area (Å²) >= 11 is 0. The van der Waals surface area contributed by atoms with Crippen molar-refractivity contribution in [1.29, 1.82) is 0 Å². The Morgan fingerprint density at radius 3 is 2.55 bits per heavy atom. The lowest BCUT2D eigenvalue weighted by atomic mass is 9.75. The summed E-state index contributed by atoms with van der Waals surface area (Å²) in [6.45, 7) is 4.25. The Morgan fingerprint density at radius 1 is 1.05 bits per heavy atom. The van der Waals surface area contributed by atoms with Crippen molar-refractivity contribution in [3.8, 4) is 5.75 Å². The second-order valence-corrected chi connectivity index (χ2v) is 6.64. The number of nitrogens with zero attached hydrogens (tertiary/aromatic N) is 1. The summed E-state index contributed by atoms with van der Waals surface area (Å²) < 4.78 is 0. The van der Waals surface area contributed by atoms with Crippen LogP contribution in [0.25, 0.3) is 10.8 Å². The molecule has 4 rings (SSSR count). The molecule has 0 amide bonds. The summed E-state index contributed by atoms with van der Waals surface area (Å²) in [6, 6.07) is 12.7. The number of fused-ring (bicyclic) bond motifs is 1. The highest BCUT2D eigenvalue weighted by Gasteiger charge is 2.35. The third kappa shape index (κ3) is 2.38. The summed E-state index contributed by atoms with van der Waals surface area (Å²) in [5, 5.41) is 16.5. The summed E-state index contributed by atoms with van der Waals surface area (Å²) in [4.78, 5) is 2.59. The SMILES string of the molecule is Oc1ccc2ccccc2c1[C@H](C1CCC1)N1CCNCC1. The van der Waals surface area contributed by atoms with Crippen LogP contribution in [0, 0.1) is 5.92 Å². The number of rotatable bonds is 3. The topological polar surface area (TPSA) is 35.5 Å². The normalized spacial score (nSPS) is 21.6. The lowest BCUT2D eigenvalue weighted by Gasteiger charge is -2.43. The second kappa shape index (κ2) is 5.90.